The highest BCUT2D eigenvalue weighted by Gasteiger charge is 2.25. The Morgan fingerprint density at radius 3 is 2.19 bits per heavy atom. The second kappa shape index (κ2) is 8.94. The van der Waals surface area contributed by atoms with Gasteiger partial charge in [-0.3, -0.25) is 9.59 Å². The van der Waals surface area contributed by atoms with E-state index in [2.05, 4.69) is 10.4 Å². The zero-order chi connectivity index (χ0) is 22.0. The number of hydrogen-bond acceptors (Lipinski definition) is 3. The Balaban J connectivity index is 1.35. The molecule has 0 saturated carbocycles. The van der Waals surface area contributed by atoms with E-state index in [0.29, 0.717) is 29.2 Å². The highest BCUT2D eigenvalue weighted by Crippen LogP contribution is 2.23. The fourth-order valence-corrected chi connectivity index (χ4v) is 4.01. The third-order valence-electron chi connectivity index (χ3n) is 5.72. The monoisotopic (exact) mass is 436 g/mol. The number of benzene rings is 2. The van der Waals surface area contributed by atoms with Gasteiger partial charge in [0.2, 0.25) is 0 Å². The Kier molecular flexibility index (Phi) is 6.09. The minimum Gasteiger partial charge on any atom is -0.349 e. The van der Waals surface area contributed by atoms with Gasteiger partial charge in [0.25, 0.3) is 11.8 Å². The van der Waals surface area contributed by atoms with Crippen LogP contribution in [0.15, 0.2) is 54.6 Å². The van der Waals surface area contributed by atoms with Gasteiger partial charge in [-0.2, -0.15) is 5.10 Å². The van der Waals surface area contributed by atoms with E-state index >= 15 is 0 Å². The average Bonchev–Trinajstić information content (AvgIpc) is 3.07. The number of amides is 2. The fourth-order valence-electron chi connectivity index (χ4n) is 3.89. The lowest BCUT2D eigenvalue weighted by Gasteiger charge is -2.32. The number of carbonyl (C=O) groups excluding carboxylic acids is 2. The summed E-state index contributed by atoms with van der Waals surface area (Å²) in [6, 6.07) is 16.7. The number of rotatable bonds is 4. The van der Waals surface area contributed by atoms with Gasteiger partial charge in [0.05, 0.1) is 22.1 Å². The van der Waals surface area contributed by atoms with Crippen LogP contribution in [0.3, 0.4) is 0 Å². The first-order valence-electron chi connectivity index (χ1n) is 10.4. The molecule has 4 rings (SSSR count). The normalized spacial score (nSPS) is 14.5. The SMILES string of the molecule is Cc1nn(-c2ccc(C(=O)N3CCC(NC(=O)c4ccccc4)CC3)cc2)c(C)c1Cl. The Bertz CT molecular complexity index is 1080. The first-order chi connectivity index (χ1) is 14.9. The molecule has 0 unspecified atom stereocenters. The largest absolute Gasteiger partial charge is 0.349 e. The van der Waals surface area contributed by atoms with Gasteiger partial charge < -0.3 is 10.2 Å². The van der Waals surface area contributed by atoms with Gasteiger partial charge in [-0.25, -0.2) is 4.68 Å². The second-order valence-electron chi connectivity index (χ2n) is 7.85. The third-order valence-corrected chi connectivity index (χ3v) is 6.26. The lowest BCUT2D eigenvalue weighted by atomic mass is 10.0. The van der Waals surface area contributed by atoms with Crippen molar-refractivity contribution in [3.63, 3.8) is 0 Å². The van der Waals surface area contributed by atoms with E-state index in [0.717, 1.165) is 29.9 Å². The van der Waals surface area contributed by atoms with Crippen LogP contribution in [0.2, 0.25) is 5.02 Å². The number of carbonyl (C=O) groups is 2. The summed E-state index contributed by atoms with van der Waals surface area (Å²) < 4.78 is 1.78. The number of halogens is 1. The van der Waals surface area contributed by atoms with Crippen LogP contribution in [-0.2, 0) is 0 Å². The zero-order valence-electron chi connectivity index (χ0n) is 17.6. The molecule has 0 radical (unpaired) electrons. The van der Waals surface area contributed by atoms with E-state index in [-0.39, 0.29) is 17.9 Å². The summed E-state index contributed by atoms with van der Waals surface area (Å²) in [5.41, 5.74) is 3.82. The lowest BCUT2D eigenvalue weighted by Crippen LogP contribution is -2.46. The standard InChI is InChI=1S/C24H25ClN4O2/c1-16-22(25)17(2)29(27-16)21-10-8-19(9-11-21)24(31)28-14-12-20(13-15-28)26-23(30)18-6-4-3-5-7-18/h3-11,20H,12-15H2,1-2H3,(H,26,30). The first kappa shape index (κ1) is 21.1. The molecule has 2 aromatic carbocycles. The molecule has 0 bridgehead atoms. The van der Waals surface area contributed by atoms with Crippen molar-refractivity contribution in [2.75, 3.05) is 13.1 Å². The van der Waals surface area contributed by atoms with Crippen molar-refractivity contribution in [3.8, 4) is 5.69 Å². The molecule has 1 aliphatic rings. The molecule has 1 fully saturated rings. The summed E-state index contributed by atoms with van der Waals surface area (Å²) >= 11 is 6.24. The van der Waals surface area contributed by atoms with Crippen LogP contribution in [0.4, 0.5) is 0 Å². The molecule has 0 atom stereocenters. The van der Waals surface area contributed by atoms with Crippen LogP contribution in [0.5, 0.6) is 0 Å². The van der Waals surface area contributed by atoms with E-state index in [1.165, 1.54) is 0 Å². The van der Waals surface area contributed by atoms with Crippen LogP contribution >= 0.6 is 11.6 Å². The maximum atomic E-state index is 12.9. The summed E-state index contributed by atoms with van der Waals surface area (Å²) in [5, 5.41) is 8.18. The number of aryl methyl sites for hydroxylation is 1. The Morgan fingerprint density at radius 2 is 1.61 bits per heavy atom. The van der Waals surface area contributed by atoms with Crippen molar-refractivity contribution in [2.24, 2.45) is 0 Å². The van der Waals surface area contributed by atoms with E-state index in [1.807, 2.05) is 61.2 Å². The predicted molar refractivity (Wildman–Crippen MR) is 121 cm³/mol. The third kappa shape index (κ3) is 4.49. The molecule has 1 aliphatic heterocycles. The summed E-state index contributed by atoms with van der Waals surface area (Å²) in [6.45, 7) is 5.03. The molecule has 0 aliphatic carbocycles. The molecule has 1 aromatic heterocycles. The Hall–Kier alpha value is -3.12. The van der Waals surface area contributed by atoms with Crippen molar-refractivity contribution < 1.29 is 9.59 Å². The number of nitrogens with one attached hydrogen (secondary N) is 1. The number of piperidine rings is 1. The van der Waals surface area contributed by atoms with Crippen molar-refractivity contribution >= 4 is 23.4 Å². The van der Waals surface area contributed by atoms with E-state index in [1.54, 1.807) is 16.8 Å². The van der Waals surface area contributed by atoms with Crippen molar-refractivity contribution in [3.05, 3.63) is 82.1 Å². The zero-order valence-corrected chi connectivity index (χ0v) is 18.4. The fraction of sp³-hybridized carbons (Fsp3) is 0.292. The number of nitrogens with zero attached hydrogens (tertiary/aromatic N) is 3. The van der Waals surface area contributed by atoms with Crippen LogP contribution in [0, 0.1) is 13.8 Å². The maximum Gasteiger partial charge on any atom is 0.253 e. The van der Waals surface area contributed by atoms with Gasteiger partial charge in [0.1, 0.15) is 0 Å². The molecule has 3 aromatic rings. The lowest BCUT2D eigenvalue weighted by molar-refractivity contribution is 0.0698. The number of likely N-dealkylation sites (tertiary alicyclic amines) is 1. The van der Waals surface area contributed by atoms with Gasteiger partial charge in [0.15, 0.2) is 0 Å². The Morgan fingerprint density at radius 1 is 0.968 bits per heavy atom. The number of hydrogen-bond donors (Lipinski definition) is 1. The summed E-state index contributed by atoms with van der Waals surface area (Å²) in [7, 11) is 0. The molecule has 7 heteroatoms. The molecule has 160 valence electrons. The van der Waals surface area contributed by atoms with Crippen molar-refractivity contribution in [2.45, 2.75) is 32.7 Å². The van der Waals surface area contributed by atoms with Crippen LogP contribution in [0.25, 0.3) is 5.69 Å². The second-order valence-corrected chi connectivity index (χ2v) is 8.23. The van der Waals surface area contributed by atoms with Gasteiger partial charge in [-0.15, -0.1) is 0 Å². The molecular weight excluding hydrogens is 412 g/mol. The van der Waals surface area contributed by atoms with Crippen LogP contribution in [-0.4, -0.2) is 45.6 Å². The number of aromatic nitrogens is 2. The summed E-state index contributed by atoms with van der Waals surface area (Å²) in [4.78, 5) is 27.1. The molecule has 0 spiro atoms. The molecular formula is C24H25ClN4O2. The summed E-state index contributed by atoms with van der Waals surface area (Å²) in [6.07, 6.45) is 1.49. The first-order valence-corrected chi connectivity index (χ1v) is 10.8. The molecule has 1 saturated heterocycles. The van der Waals surface area contributed by atoms with Gasteiger partial charge >= 0.3 is 0 Å². The molecule has 31 heavy (non-hydrogen) atoms. The van der Waals surface area contributed by atoms with Gasteiger partial charge in [0, 0.05) is 30.3 Å². The van der Waals surface area contributed by atoms with E-state index < -0.39 is 0 Å². The predicted octanol–water partition coefficient (Wildman–Crippen LogP) is 4.18. The summed E-state index contributed by atoms with van der Waals surface area (Å²) in [5.74, 6) is -0.0593. The molecule has 2 amide bonds. The highest BCUT2D eigenvalue weighted by atomic mass is 35.5. The molecule has 6 nitrogen and oxygen atoms in total. The topological polar surface area (TPSA) is 67.2 Å². The maximum absolute atomic E-state index is 12.9. The minimum absolute atomic E-state index is 0.00536. The van der Waals surface area contributed by atoms with Crippen molar-refractivity contribution in [1.82, 2.24) is 20.0 Å². The van der Waals surface area contributed by atoms with Crippen molar-refractivity contribution in [1.29, 1.82) is 0 Å². The average molecular weight is 437 g/mol. The smallest absolute Gasteiger partial charge is 0.253 e. The van der Waals surface area contributed by atoms with Gasteiger partial charge in [-0.05, 0) is 63.1 Å². The highest BCUT2D eigenvalue weighted by molar-refractivity contribution is 6.31. The van der Waals surface area contributed by atoms with Gasteiger partial charge in [-0.1, -0.05) is 29.8 Å². The van der Waals surface area contributed by atoms with E-state index in [4.69, 9.17) is 11.6 Å². The Labute approximate surface area is 186 Å². The van der Waals surface area contributed by atoms with Crippen LogP contribution < -0.4 is 5.32 Å². The quantitative estimate of drug-likeness (QED) is 0.667. The minimum atomic E-state index is -0.0646. The molecule has 2 heterocycles. The van der Waals surface area contributed by atoms with Crippen LogP contribution in [0.1, 0.15) is 44.9 Å². The van der Waals surface area contributed by atoms with E-state index in [9.17, 15) is 9.59 Å². The molecule has 1 N–H and O–H groups in total.